The minimum atomic E-state index is 0.221. The Morgan fingerprint density at radius 1 is 1.64 bits per heavy atom. The summed E-state index contributed by atoms with van der Waals surface area (Å²) in [4.78, 5) is 0. The molecule has 0 amide bonds. The molecule has 0 saturated carbocycles. The summed E-state index contributed by atoms with van der Waals surface area (Å²) in [6.45, 7) is 11.4. The number of rotatable bonds is 4. The van der Waals surface area contributed by atoms with Gasteiger partial charge in [0.25, 0.3) is 0 Å². The second kappa shape index (κ2) is 2.98. The number of hydrogen-bond acceptors (Lipinski definition) is 1. The Labute approximate surface area is 69.4 Å². The minimum Gasteiger partial charge on any atom is -0.369 e. The van der Waals surface area contributed by atoms with Crippen LogP contribution in [-0.2, 0) is 4.74 Å². The monoisotopic (exact) mass is 154 g/mol. The third-order valence-electron chi connectivity index (χ3n) is 2.54. The maximum absolute atomic E-state index is 5.47. The Morgan fingerprint density at radius 3 is 2.45 bits per heavy atom. The van der Waals surface area contributed by atoms with E-state index in [0.717, 1.165) is 19.4 Å². The van der Waals surface area contributed by atoms with Crippen LogP contribution >= 0.6 is 0 Å². The number of allylic oxidation sites excluding steroid dienone is 1. The predicted molar refractivity (Wildman–Crippen MR) is 47.6 cm³/mol. The van der Waals surface area contributed by atoms with Gasteiger partial charge in [0, 0.05) is 0 Å². The van der Waals surface area contributed by atoms with Gasteiger partial charge in [0.1, 0.15) is 0 Å². The maximum atomic E-state index is 5.47. The molecule has 1 rings (SSSR count). The Balaban J connectivity index is 2.30. The highest BCUT2D eigenvalue weighted by molar-refractivity contribution is 4.99. The lowest BCUT2D eigenvalue weighted by atomic mass is 9.90. The lowest BCUT2D eigenvalue weighted by Gasteiger charge is -2.15. The first-order valence-electron chi connectivity index (χ1n) is 4.35. The van der Waals surface area contributed by atoms with Gasteiger partial charge >= 0.3 is 0 Å². The molecule has 0 aliphatic carbocycles. The molecule has 0 radical (unpaired) electrons. The molecule has 0 aromatic rings. The molecule has 1 fully saturated rings. The summed E-state index contributed by atoms with van der Waals surface area (Å²) in [5.74, 6) is 0.654. The van der Waals surface area contributed by atoms with Crippen LogP contribution in [0.5, 0.6) is 0 Å². The zero-order valence-corrected chi connectivity index (χ0v) is 7.81. The maximum Gasteiger partial charge on any atom is 0.0942 e. The third kappa shape index (κ3) is 2.06. The highest BCUT2D eigenvalue weighted by Crippen LogP contribution is 2.39. The van der Waals surface area contributed by atoms with Crippen molar-refractivity contribution in [3.63, 3.8) is 0 Å². The van der Waals surface area contributed by atoms with E-state index in [-0.39, 0.29) is 5.60 Å². The van der Waals surface area contributed by atoms with E-state index >= 15 is 0 Å². The molecule has 11 heavy (non-hydrogen) atoms. The predicted octanol–water partition coefficient (Wildman–Crippen LogP) is 2.77. The Hall–Kier alpha value is -0.300. The lowest BCUT2D eigenvalue weighted by Crippen LogP contribution is -2.18. The van der Waals surface area contributed by atoms with Crippen molar-refractivity contribution in [3.8, 4) is 0 Å². The van der Waals surface area contributed by atoms with Gasteiger partial charge in [-0.05, 0) is 25.7 Å². The molecule has 1 aliphatic rings. The Morgan fingerprint density at radius 2 is 2.18 bits per heavy atom. The molecule has 1 saturated heterocycles. The van der Waals surface area contributed by atoms with Gasteiger partial charge in [-0.3, -0.25) is 0 Å². The largest absolute Gasteiger partial charge is 0.369 e. The highest BCUT2D eigenvalue weighted by Gasteiger charge is 2.46. The molecule has 1 atom stereocenters. The van der Waals surface area contributed by atoms with Gasteiger partial charge in [0.2, 0.25) is 0 Å². The molecule has 0 aromatic carbocycles. The molecule has 0 aromatic heterocycles. The van der Waals surface area contributed by atoms with Gasteiger partial charge in [0.05, 0.1) is 12.2 Å². The van der Waals surface area contributed by atoms with Gasteiger partial charge in [-0.1, -0.05) is 19.4 Å². The van der Waals surface area contributed by atoms with E-state index in [9.17, 15) is 0 Å². The van der Waals surface area contributed by atoms with E-state index in [1.54, 1.807) is 0 Å². The Kier molecular flexibility index (Phi) is 2.38. The number of ether oxygens (including phenoxy) is 1. The molecular formula is C10H18O. The molecule has 64 valence electrons. The van der Waals surface area contributed by atoms with Gasteiger partial charge < -0.3 is 4.74 Å². The topological polar surface area (TPSA) is 12.5 Å². The van der Waals surface area contributed by atoms with Crippen LogP contribution in [0.4, 0.5) is 0 Å². The summed E-state index contributed by atoms with van der Waals surface area (Å²) in [6.07, 6.45) is 2.26. The van der Waals surface area contributed by atoms with Crippen LogP contribution in [0.2, 0.25) is 0 Å². The first-order chi connectivity index (χ1) is 5.07. The zero-order chi connectivity index (χ0) is 8.48. The molecule has 1 heteroatoms. The molecule has 0 N–H and O–H groups in total. The van der Waals surface area contributed by atoms with Crippen LogP contribution in [0.1, 0.15) is 33.6 Å². The van der Waals surface area contributed by atoms with Gasteiger partial charge in [0.15, 0.2) is 0 Å². The average Bonchev–Trinajstić information content (AvgIpc) is 2.63. The van der Waals surface area contributed by atoms with Crippen LogP contribution < -0.4 is 0 Å². The fourth-order valence-electron chi connectivity index (χ4n) is 1.28. The van der Waals surface area contributed by atoms with Crippen LogP contribution in [-0.4, -0.2) is 12.2 Å². The van der Waals surface area contributed by atoms with E-state index in [2.05, 4.69) is 27.4 Å². The van der Waals surface area contributed by atoms with Crippen molar-refractivity contribution in [1.29, 1.82) is 0 Å². The summed E-state index contributed by atoms with van der Waals surface area (Å²) in [7, 11) is 0. The second-order valence-electron chi connectivity index (χ2n) is 3.97. The van der Waals surface area contributed by atoms with E-state index in [1.807, 2.05) is 0 Å². The summed E-state index contributed by atoms with van der Waals surface area (Å²) in [5.41, 5.74) is 1.49. The van der Waals surface area contributed by atoms with Crippen LogP contribution in [0, 0.1) is 5.92 Å². The molecule has 1 aliphatic heterocycles. The molecule has 0 bridgehead atoms. The molecule has 1 heterocycles. The van der Waals surface area contributed by atoms with Crippen molar-refractivity contribution in [2.75, 3.05) is 6.61 Å². The number of hydrogen-bond donors (Lipinski definition) is 0. The molecule has 1 nitrogen and oxygen atoms in total. The van der Waals surface area contributed by atoms with Crippen molar-refractivity contribution in [2.45, 2.75) is 39.2 Å². The molecular weight excluding hydrogens is 136 g/mol. The lowest BCUT2D eigenvalue weighted by molar-refractivity contribution is 0.226. The summed E-state index contributed by atoms with van der Waals surface area (Å²) >= 11 is 0. The van der Waals surface area contributed by atoms with Crippen LogP contribution in [0.15, 0.2) is 12.2 Å². The summed E-state index contributed by atoms with van der Waals surface area (Å²) < 4.78 is 5.47. The SMILES string of the molecule is C=C(C)CCC1(C(C)C)CO1. The van der Waals surface area contributed by atoms with Crippen molar-refractivity contribution >= 4 is 0 Å². The Bertz CT molecular complexity index is 154. The normalized spacial score (nSPS) is 29.1. The van der Waals surface area contributed by atoms with Crippen molar-refractivity contribution in [2.24, 2.45) is 5.92 Å². The number of epoxide rings is 1. The van der Waals surface area contributed by atoms with Crippen LogP contribution in [0.25, 0.3) is 0 Å². The van der Waals surface area contributed by atoms with Crippen molar-refractivity contribution < 1.29 is 4.74 Å². The van der Waals surface area contributed by atoms with Gasteiger partial charge in [-0.25, -0.2) is 0 Å². The molecule has 1 unspecified atom stereocenters. The van der Waals surface area contributed by atoms with E-state index in [0.29, 0.717) is 5.92 Å². The summed E-state index contributed by atoms with van der Waals surface area (Å²) in [6, 6.07) is 0. The first kappa shape index (κ1) is 8.79. The second-order valence-corrected chi connectivity index (χ2v) is 3.97. The van der Waals surface area contributed by atoms with E-state index < -0.39 is 0 Å². The minimum absolute atomic E-state index is 0.221. The van der Waals surface area contributed by atoms with E-state index in [1.165, 1.54) is 5.57 Å². The fraction of sp³-hybridized carbons (Fsp3) is 0.800. The smallest absolute Gasteiger partial charge is 0.0942 e. The first-order valence-corrected chi connectivity index (χ1v) is 4.35. The van der Waals surface area contributed by atoms with Crippen molar-refractivity contribution in [3.05, 3.63) is 12.2 Å². The van der Waals surface area contributed by atoms with Gasteiger partial charge in [-0.15, -0.1) is 6.58 Å². The van der Waals surface area contributed by atoms with Crippen LogP contribution in [0.3, 0.4) is 0 Å². The standard InChI is InChI=1S/C10H18O/c1-8(2)5-6-10(7-11-10)9(3)4/h9H,1,5-7H2,2-4H3. The third-order valence-corrected chi connectivity index (χ3v) is 2.54. The summed E-state index contributed by atoms with van der Waals surface area (Å²) in [5, 5.41) is 0. The molecule has 0 spiro atoms. The average molecular weight is 154 g/mol. The highest BCUT2D eigenvalue weighted by atomic mass is 16.6. The van der Waals surface area contributed by atoms with E-state index in [4.69, 9.17) is 4.74 Å². The fourth-order valence-corrected chi connectivity index (χ4v) is 1.28. The van der Waals surface area contributed by atoms with Gasteiger partial charge in [-0.2, -0.15) is 0 Å². The quantitative estimate of drug-likeness (QED) is 0.448. The zero-order valence-electron chi connectivity index (χ0n) is 7.81. The van der Waals surface area contributed by atoms with Crippen molar-refractivity contribution in [1.82, 2.24) is 0 Å².